The van der Waals surface area contributed by atoms with Crippen molar-refractivity contribution in [2.75, 3.05) is 20.6 Å². The lowest BCUT2D eigenvalue weighted by Crippen LogP contribution is -2.55. The fourth-order valence-electron chi connectivity index (χ4n) is 4.08. The number of guanidine groups is 1. The number of nitrogens with two attached hydrogens (primary N) is 3. The fraction of sp³-hybridized carbons (Fsp3) is 0.367. The lowest BCUT2D eigenvalue weighted by atomic mass is 9.95. The first kappa shape index (κ1) is 40.3. The zero-order chi connectivity index (χ0) is 36.6. The molecule has 0 saturated heterocycles. The molecule has 0 spiro atoms. The van der Waals surface area contributed by atoms with Crippen LogP contribution in [-0.4, -0.2) is 90.3 Å². The minimum Gasteiger partial charge on any atom is -0.475 e. The summed E-state index contributed by atoms with van der Waals surface area (Å²) in [6, 6.07) is 13.5. The summed E-state index contributed by atoms with van der Waals surface area (Å²) in [7, 11) is 3.07. The molecule has 18 heteroatoms. The van der Waals surface area contributed by atoms with E-state index in [2.05, 4.69) is 16.0 Å². The van der Waals surface area contributed by atoms with Crippen molar-refractivity contribution < 1.29 is 42.3 Å². The zero-order valence-corrected chi connectivity index (χ0v) is 26.3. The van der Waals surface area contributed by atoms with E-state index in [4.69, 9.17) is 37.9 Å². The Hall–Kier alpha value is -5.68. The molecule has 4 amide bonds. The van der Waals surface area contributed by atoms with Crippen LogP contribution in [0.25, 0.3) is 0 Å². The Labute approximate surface area is 274 Å². The average Bonchev–Trinajstić information content (AvgIpc) is 3.00. The van der Waals surface area contributed by atoms with Crippen LogP contribution < -0.4 is 33.2 Å². The van der Waals surface area contributed by atoms with Gasteiger partial charge in [0, 0.05) is 32.6 Å². The van der Waals surface area contributed by atoms with Gasteiger partial charge in [-0.25, -0.2) is 4.79 Å². The number of primary amides is 1. The second-order valence-corrected chi connectivity index (χ2v) is 10.6. The van der Waals surface area contributed by atoms with E-state index in [0.717, 1.165) is 5.56 Å². The van der Waals surface area contributed by atoms with Gasteiger partial charge in [-0.15, -0.1) is 0 Å². The summed E-state index contributed by atoms with van der Waals surface area (Å²) < 4.78 is 31.7. The first-order valence-corrected chi connectivity index (χ1v) is 14.3. The number of hydrogen-bond acceptors (Lipinski definition) is 7. The summed E-state index contributed by atoms with van der Waals surface area (Å²) >= 11 is 0. The molecule has 2 unspecified atom stereocenters. The number of nitrogens with zero attached hydrogens (tertiary/aromatic N) is 1. The number of carbonyl (C=O) groups is 5. The number of nitrogen functional groups attached to an aromatic ring is 1. The Morgan fingerprint density at radius 2 is 1.35 bits per heavy atom. The molecule has 0 fully saturated rings. The minimum atomic E-state index is -5.08. The van der Waals surface area contributed by atoms with Gasteiger partial charge in [0.05, 0.1) is 0 Å². The van der Waals surface area contributed by atoms with Crippen molar-refractivity contribution in [3.8, 4) is 0 Å². The molecular formula is C30H40F3N9O6. The monoisotopic (exact) mass is 679 g/mol. The van der Waals surface area contributed by atoms with Gasteiger partial charge in [-0.2, -0.15) is 13.2 Å². The van der Waals surface area contributed by atoms with Crippen LogP contribution in [0.5, 0.6) is 0 Å². The van der Waals surface area contributed by atoms with E-state index in [-0.39, 0.29) is 31.1 Å². The van der Waals surface area contributed by atoms with Crippen LogP contribution in [0.15, 0.2) is 54.6 Å². The highest BCUT2D eigenvalue weighted by molar-refractivity contribution is 6.02. The first-order chi connectivity index (χ1) is 22.3. The minimum absolute atomic E-state index is 0.0494. The van der Waals surface area contributed by atoms with Gasteiger partial charge >= 0.3 is 12.1 Å². The standard InChI is InChI=1S/C28H39N9O4.C2HF3O2/c1-37(2)27(41)20(15-18-10-12-19(13-11-18)23(29)30)25(39)36-22(16-17-7-4-3-5-8-17)26(40)35-21(24(31)38)9-6-14-34-28(32)33;3-2(4,5)1(6)7/h3-5,7-8,10-13,20-22H,6,9,14-16H2,1-2H3,(H3,29,30)(H2,31,38)(H,35,40)(H,36,39)(H4,32,33,34);(H,6,7)/t20?,21-,22?;/m0./s1. The molecule has 0 radical (unpaired) electrons. The number of carboxylic acid groups (broad SMARTS) is 1. The summed E-state index contributed by atoms with van der Waals surface area (Å²) in [6.07, 6.45) is -4.35. The quantitative estimate of drug-likeness (QED) is 0.0522. The summed E-state index contributed by atoms with van der Waals surface area (Å²) in [5.74, 6) is -6.72. The van der Waals surface area contributed by atoms with Gasteiger partial charge < -0.3 is 43.2 Å². The van der Waals surface area contributed by atoms with Crippen molar-refractivity contribution in [3.63, 3.8) is 0 Å². The molecule has 0 bridgehead atoms. The molecule has 0 saturated carbocycles. The number of halogens is 3. The maximum Gasteiger partial charge on any atom is 0.490 e. The summed E-state index contributed by atoms with van der Waals surface area (Å²) in [5, 5.41) is 29.9. The number of amides is 4. The van der Waals surface area contributed by atoms with E-state index < -0.39 is 53.8 Å². The summed E-state index contributed by atoms with van der Waals surface area (Å²) in [6.45, 7) is 0.306. The van der Waals surface area contributed by atoms with Gasteiger partial charge in [0.15, 0.2) is 5.96 Å². The number of nitrogens with one attached hydrogen (secondary N) is 5. The SMILES string of the molecule is CN(C)C(=O)C(Cc1ccc(C(=N)N)cc1)C(=O)NC(Cc1ccccc1)C(=O)N[C@@H](CCCNC(=N)N)C(N)=O.O=C(O)C(F)(F)F. The Kier molecular flexibility index (Phi) is 16.0. The number of alkyl halides is 3. The molecule has 2 aromatic carbocycles. The number of aliphatic carboxylic acids is 1. The predicted octanol–water partition coefficient (Wildman–Crippen LogP) is -0.188. The number of hydrogen-bond donors (Lipinski definition) is 9. The van der Waals surface area contributed by atoms with Gasteiger partial charge in [0.1, 0.15) is 23.8 Å². The average molecular weight is 680 g/mol. The molecule has 0 aliphatic carbocycles. The highest BCUT2D eigenvalue weighted by Crippen LogP contribution is 2.15. The number of amidine groups is 1. The zero-order valence-electron chi connectivity index (χ0n) is 26.3. The second kappa shape index (κ2) is 19.1. The Balaban J connectivity index is 0.00000148. The molecule has 15 nitrogen and oxygen atoms in total. The Morgan fingerprint density at radius 3 is 1.81 bits per heavy atom. The lowest BCUT2D eigenvalue weighted by Gasteiger charge is -2.25. The molecule has 3 atom stereocenters. The predicted molar refractivity (Wildman–Crippen MR) is 169 cm³/mol. The van der Waals surface area contributed by atoms with Gasteiger partial charge in [-0.1, -0.05) is 54.6 Å². The van der Waals surface area contributed by atoms with E-state index in [1.54, 1.807) is 48.5 Å². The lowest BCUT2D eigenvalue weighted by molar-refractivity contribution is -0.192. The maximum atomic E-state index is 13.5. The van der Waals surface area contributed by atoms with Crippen molar-refractivity contribution >= 4 is 41.4 Å². The van der Waals surface area contributed by atoms with E-state index >= 15 is 0 Å². The van der Waals surface area contributed by atoms with Crippen LogP contribution in [0.4, 0.5) is 13.2 Å². The van der Waals surface area contributed by atoms with Crippen LogP contribution in [0.2, 0.25) is 0 Å². The molecular weight excluding hydrogens is 639 g/mol. The van der Waals surface area contributed by atoms with Crippen LogP contribution in [0, 0.1) is 16.7 Å². The Bertz CT molecular complexity index is 1440. The first-order valence-electron chi connectivity index (χ1n) is 14.3. The third-order valence-corrected chi connectivity index (χ3v) is 6.56. The van der Waals surface area contributed by atoms with E-state index in [1.807, 2.05) is 6.07 Å². The van der Waals surface area contributed by atoms with Gasteiger partial charge in [0.2, 0.25) is 23.6 Å². The number of carbonyl (C=O) groups excluding carboxylic acids is 4. The third kappa shape index (κ3) is 14.6. The smallest absolute Gasteiger partial charge is 0.475 e. The van der Waals surface area contributed by atoms with Crippen LogP contribution in [0.3, 0.4) is 0 Å². The largest absolute Gasteiger partial charge is 0.490 e. The number of rotatable bonds is 15. The highest BCUT2D eigenvalue weighted by Gasteiger charge is 2.38. The molecule has 0 heterocycles. The molecule has 2 aromatic rings. The van der Waals surface area contributed by atoms with Crippen molar-refractivity contribution in [2.24, 2.45) is 23.1 Å². The fourth-order valence-corrected chi connectivity index (χ4v) is 4.08. The van der Waals surface area contributed by atoms with Gasteiger partial charge in [-0.3, -0.25) is 30.0 Å². The van der Waals surface area contributed by atoms with E-state index in [0.29, 0.717) is 24.1 Å². The van der Waals surface area contributed by atoms with Crippen LogP contribution in [0.1, 0.15) is 29.5 Å². The molecule has 48 heavy (non-hydrogen) atoms. The topological polar surface area (TPSA) is 271 Å². The van der Waals surface area contributed by atoms with E-state index in [9.17, 15) is 32.3 Å². The maximum absolute atomic E-state index is 13.5. The van der Waals surface area contributed by atoms with Crippen molar-refractivity contribution in [2.45, 2.75) is 43.9 Å². The van der Waals surface area contributed by atoms with Crippen molar-refractivity contribution in [1.82, 2.24) is 20.9 Å². The van der Waals surface area contributed by atoms with Crippen LogP contribution >= 0.6 is 0 Å². The Morgan fingerprint density at radius 1 is 0.833 bits per heavy atom. The summed E-state index contributed by atoms with van der Waals surface area (Å²) in [4.78, 5) is 62.3. The van der Waals surface area contributed by atoms with Crippen molar-refractivity contribution in [1.29, 1.82) is 10.8 Å². The van der Waals surface area contributed by atoms with Gasteiger partial charge in [0.25, 0.3) is 0 Å². The molecule has 0 aromatic heterocycles. The normalized spacial score (nSPS) is 12.5. The summed E-state index contributed by atoms with van der Waals surface area (Å²) in [5.41, 5.74) is 18.2. The second-order valence-electron chi connectivity index (χ2n) is 10.6. The number of benzene rings is 2. The molecule has 0 aliphatic rings. The van der Waals surface area contributed by atoms with Crippen molar-refractivity contribution in [3.05, 3.63) is 71.3 Å². The molecule has 0 aliphatic heterocycles. The third-order valence-electron chi connectivity index (χ3n) is 6.56. The van der Waals surface area contributed by atoms with Crippen LogP contribution in [-0.2, 0) is 36.8 Å². The number of carboxylic acids is 1. The van der Waals surface area contributed by atoms with E-state index in [1.165, 1.54) is 19.0 Å². The van der Waals surface area contributed by atoms with Gasteiger partial charge in [-0.05, 0) is 30.4 Å². The molecule has 262 valence electrons. The highest BCUT2D eigenvalue weighted by atomic mass is 19.4. The molecule has 12 N–H and O–H groups in total. The molecule has 2 rings (SSSR count).